The van der Waals surface area contributed by atoms with Crippen LogP contribution in [0.2, 0.25) is 0 Å². The summed E-state index contributed by atoms with van der Waals surface area (Å²) in [6.45, 7) is 0. The number of aromatic nitrogens is 6. The van der Waals surface area contributed by atoms with E-state index in [1.807, 2.05) is 164 Å². The first-order chi connectivity index (χ1) is 28.0. The largest absolute Gasteiger partial charge is 0.218 e. The highest BCUT2D eigenvalue weighted by molar-refractivity contribution is 7.92. The number of sulfone groups is 1. The molecular weight excluding hydrogens is 725 g/mol. The van der Waals surface area contributed by atoms with Gasteiger partial charge in [-0.2, -0.15) is 0 Å². The lowest BCUT2D eigenvalue weighted by molar-refractivity contribution is 0.598. The molecule has 0 spiro atoms. The fourth-order valence-corrected chi connectivity index (χ4v) is 8.83. The van der Waals surface area contributed by atoms with Crippen LogP contribution >= 0.6 is 0 Å². The molecule has 0 radical (unpaired) electrons. The van der Waals surface area contributed by atoms with Crippen LogP contribution < -0.4 is 0 Å². The molecule has 0 saturated carbocycles. The molecule has 57 heavy (non-hydrogen) atoms. The average Bonchev–Trinajstić information content (AvgIpc) is 3.52. The van der Waals surface area contributed by atoms with Crippen LogP contribution in [0.1, 0.15) is 0 Å². The van der Waals surface area contributed by atoms with Gasteiger partial charge in [0, 0.05) is 44.5 Å². The topological polar surface area (TPSA) is 111 Å². The smallest absolute Gasteiger partial charge is 0.207 e. The van der Waals surface area contributed by atoms with E-state index in [1.165, 1.54) is 0 Å². The van der Waals surface area contributed by atoms with Crippen molar-refractivity contribution >= 4 is 9.84 Å². The molecule has 0 aliphatic carbocycles. The lowest BCUT2D eigenvalue weighted by Gasteiger charge is -2.13. The number of hydrogen-bond donors (Lipinski definition) is 0. The van der Waals surface area contributed by atoms with Gasteiger partial charge in [-0.3, -0.25) is 0 Å². The van der Waals surface area contributed by atoms with Crippen LogP contribution in [0, 0.1) is 0 Å². The van der Waals surface area contributed by atoms with Crippen LogP contribution in [0.4, 0.5) is 0 Å². The minimum Gasteiger partial charge on any atom is -0.218 e. The van der Waals surface area contributed by atoms with Crippen molar-refractivity contribution in [3.63, 3.8) is 0 Å². The molecule has 9 aromatic rings. The first-order valence-corrected chi connectivity index (χ1v) is 19.8. The molecule has 9 heteroatoms. The summed E-state index contributed by atoms with van der Waals surface area (Å²) in [6.07, 6.45) is 0. The van der Waals surface area contributed by atoms with E-state index in [2.05, 4.69) is 0 Å². The van der Waals surface area contributed by atoms with Gasteiger partial charge in [0.1, 0.15) is 0 Å². The summed E-state index contributed by atoms with van der Waals surface area (Å²) in [6, 6.07) is 57.9. The minimum atomic E-state index is -3.73. The Kier molecular flexibility index (Phi) is 8.35. The lowest BCUT2D eigenvalue weighted by Crippen LogP contribution is -2.02. The molecule has 8 nitrogen and oxygen atoms in total. The van der Waals surface area contributed by atoms with Gasteiger partial charge in [0.05, 0.1) is 9.79 Å². The summed E-state index contributed by atoms with van der Waals surface area (Å²) in [5.74, 6) is 2.95. The Morgan fingerprint density at radius 1 is 0.263 bits per heavy atom. The van der Waals surface area contributed by atoms with Crippen molar-refractivity contribution < 1.29 is 8.42 Å². The van der Waals surface area contributed by atoms with Gasteiger partial charge in [0.15, 0.2) is 34.9 Å². The van der Waals surface area contributed by atoms with Crippen LogP contribution in [0.15, 0.2) is 192 Å². The molecule has 0 unspecified atom stereocenters. The van der Waals surface area contributed by atoms with Crippen LogP contribution in [0.25, 0.3) is 90.6 Å². The van der Waals surface area contributed by atoms with Gasteiger partial charge in [0.25, 0.3) is 0 Å². The maximum Gasteiger partial charge on any atom is 0.207 e. The van der Waals surface area contributed by atoms with Crippen LogP contribution in [0.5, 0.6) is 0 Å². The molecule has 2 aromatic heterocycles. The Morgan fingerprint density at radius 2 is 0.596 bits per heavy atom. The van der Waals surface area contributed by atoms with Gasteiger partial charge in [0.2, 0.25) is 9.84 Å². The van der Waals surface area contributed by atoms with Crippen molar-refractivity contribution in [2.24, 2.45) is 0 Å². The van der Waals surface area contributed by atoms with Gasteiger partial charge < -0.3 is 0 Å². The van der Waals surface area contributed by atoms with E-state index in [1.54, 1.807) is 18.2 Å². The molecule has 10 rings (SSSR count). The van der Waals surface area contributed by atoms with Gasteiger partial charge in [-0.25, -0.2) is 38.3 Å². The maximum absolute atomic E-state index is 13.9. The molecule has 1 aliphatic rings. The van der Waals surface area contributed by atoms with Crippen LogP contribution in [-0.4, -0.2) is 38.3 Å². The monoisotopic (exact) mass is 754 g/mol. The molecule has 3 heterocycles. The van der Waals surface area contributed by atoms with Crippen molar-refractivity contribution in [2.45, 2.75) is 9.79 Å². The molecule has 270 valence electrons. The van der Waals surface area contributed by atoms with Crippen molar-refractivity contribution in [1.82, 2.24) is 29.9 Å². The summed E-state index contributed by atoms with van der Waals surface area (Å²) >= 11 is 0. The van der Waals surface area contributed by atoms with E-state index in [4.69, 9.17) is 29.9 Å². The van der Waals surface area contributed by atoms with Crippen LogP contribution in [-0.2, 0) is 9.84 Å². The Labute approximate surface area is 329 Å². The third-order valence-corrected chi connectivity index (χ3v) is 11.8. The highest BCUT2D eigenvalue weighted by Crippen LogP contribution is 2.45. The SMILES string of the molecule is O=S1(=O)c2ccccc2-c2ccc(-c3cc(-c4nc(-c5ccccc5)nc(-c5ccccc5)n4)cc(-c4nc(-c5ccccc5)nc(-c5ccccc5)n4)c3)cc21. The average molecular weight is 755 g/mol. The highest BCUT2D eigenvalue weighted by Gasteiger charge is 2.33. The normalized spacial score (nSPS) is 12.5. The Balaban J connectivity index is 1.22. The van der Waals surface area contributed by atoms with E-state index in [9.17, 15) is 8.42 Å². The lowest BCUT2D eigenvalue weighted by atomic mass is 9.96. The number of hydrogen-bond acceptors (Lipinski definition) is 8. The van der Waals surface area contributed by atoms with E-state index >= 15 is 0 Å². The number of fused-ring (bicyclic) bond motifs is 3. The number of benzene rings is 7. The predicted octanol–water partition coefficient (Wildman–Crippen LogP) is 10.5. The molecule has 0 fully saturated rings. The maximum atomic E-state index is 13.9. The first kappa shape index (κ1) is 34.0. The van der Waals surface area contributed by atoms with E-state index in [0.717, 1.165) is 27.8 Å². The van der Waals surface area contributed by atoms with Gasteiger partial charge in [-0.1, -0.05) is 152 Å². The molecule has 0 atom stereocenters. The quantitative estimate of drug-likeness (QED) is 0.158. The van der Waals surface area contributed by atoms with E-state index in [0.29, 0.717) is 67.7 Å². The van der Waals surface area contributed by atoms with Gasteiger partial charge >= 0.3 is 0 Å². The van der Waals surface area contributed by atoms with Gasteiger partial charge in [-0.15, -0.1) is 0 Å². The van der Waals surface area contributed by atoms with Crippen molar-refractivity contribution in [3.05, 3.63) is 182 Å². The molecule has 0 saturated heterocycles. The Morgan fingerprint density at radius 3 is 1.02 bits per heavy atom. The van der Waals surface area contributed by atoms with Crippen molar-refractivity contribution in [3.8, 4) is 90.6 Å². The standard InChI is InChI=1S/C48H30N6O2S/c55-57(56)41-24-14-13-23-39(41)40-26-25-35(30-42(40)57)36-27-37(47-51-43(31-15-5-1-6-16-31)49-44(52-47)32-17-7-2-8-18-32)29-38(28-36)48-53-45(33-19-9-3-10-20-33)50-46(54-48)34-21-11-4-12-22-34/h1-30H. The van der Waals surface area contributed by atoms with E-state index < -0.39 is 9.84 Å². The zero-order valence-electron chi connectivity index (χ0n) is 30.2. The number of nitrogens with zero attached hydrogens (tertiary/aromatic N) is 6. The highest BCUT2D eigenvalue weighted by atomic mass is 32.2. The molecule has 7 aromatic carbocycles. The summed E-state index contributed by atoms with van der Waals surface area (Å²) in [7, 11) is -3.73. The number of rotatable bonds is 7. The summed E-state index contributed by atoms with van der Waals surface area (Å²) in [5.41, 5.74) is 7.55. The Bertz CT molecular complexity index is 2810. The van der Waals surface area contributed by atoms with E-state index in [-0.39, 0.29) is 4.90 Å². The molecule has 0 N–H and O–H groups in total. The fraction of sp³-hybridized carbons (Fsp3) is 0. The molecule has 0 amide bonds. The second kappa shape index (κ2) is 14.0. The molecule has 0 bridgehead atoms. The first-order valence-electron chi connectivity index (χ1n) is 18.4. The molecule has 1 aliphatic heterocycles. The summed E-state index contributed by atoms with van der Waals surface area (Å²) in [5, 5.41) is 0. The second-order valence-corrected chi connectivity index (χ2v) is 15.5. The van der Waals surface area contributed by atoms with Crippen molar-refractivity contribution in [1.29, 1.82) is 0 Å². The zero-order valence-corrected chi connectivity index (χ0v) is 31.0. The zero-order chi connectivity index (χ0) is 38.3. The third-order valence-electron chi connectivity index (χ3n) is 9.92. The third kappa shape index (κ3) is 6.35. The van der Waals surface area contributed by atoms with Gasteiger partial charge in [-0.05, 0) is 41.5 Å². The molecular formula is C48H30N6O2S. The predicted molar refractivity (Wildman–Crippen MR) is 222 cm³/mol. The Hall–Kier alpha value is -7.49. The minimum absolute atomic E-state index is 0.268. The van der Waals surface area contributed by atoms with Crippen molar-refractivity contribution in [2.75, 3.05) is 0 Å². The summed E-state index contributed by atoms with van der Waals surface area (Å²) in [4.78, 5) is 30.5. The summed E-state index contributed by atoms with van der Waals surface area (Å²) < 4.78 is 27.7. The fourth-order valence-electron chi connectivity index (χ4n) is 7.12. The van der Waals surface area contributed by atoms with Crippen LogP contribution in [0.3, 0.4) is 0 Å². The second-order valence-electron chi connectivity index (χ2n) is 13.6.